The van der Waals surface area contributed by atoms with Gasteiger partial charge in [0.05, 0.1) is 17.7 Å². The SMILES string of the molecule is CCOc1ccc2c(c1)c(C(=O)C(=O)NC1CCC1)c(Cl)n2Cc1ccc(Cl)cc1. The summed E-state index contributed by atoms with van der Waals surface area (Å²) in [5.74, 6) is -0.617. The Morgan fingerprint density at radius 3 is 2.50 bits per heavy atom. The molecule has 0 spiro atoms. The first-order valence-corrected chi connectivity index (χ1v) is 10.8. The molecule has 2 aromatic carbocycles. The monoisotopic (exact) mass is 444 g/mol. The van der Waals surface area contributed by atoms with Crippen LogP contribution in [0.1, 0.15) is 42.1 Å². The lowest BCUT2D eigenvalue weighted by atomic mass is 9.93. The number of carbonyl (C=O) groups is 2. The van der Waals surface area contributed by atoms with E-state index in [1.165, 1.54) is 0 Å². The summed E-state index contributed by atoms with van der Waals surface area (Å²) in [5.41, 5.74) is 1.95. The van der Waals surface area contributed by atoms with E-state index in [0.29, 0.717) is 29.3 Å². The van der Waals surface area contributed by atoms with Crippen molar-refractivity contribution in [1.29, 1.82) is 0 Å². The van der Waals surface area contributed by atoms with E-state index >= 15 is 0 Å². The molecule has 0 saturated heterocycles. The Kier molecular flexibility index (Phi) is 6.02. The van der Waals surface area contributed by atoms with Gasteiger partial charge in [-0.15, -0.1) is 0 Å². The molecule has 1 amide bonds. The molecule has 30 heavy (non-hydrogen) atoms. The van der Waals surface area contributed by atoms with Crippen molar-refractivity contribution in [2.45, 2.75) is 38.8 Å². The molecule has 1 aromatic heterocycles. The van der Waals surface area contributed by atoms with E-state index < -0.39 is 11.7 Å². The minimum atomic E-state index is -0.625. The number of ketones is 1. The van der Waals surface area contributed by atoms with Crippen LogP contribution < -0.4 is 10.1 Å². The Hall–Kier alpha value is -2.50. The number of nitrogens with one attached hydrogen (secondary N) is 1. The number of nitrogens with zero attached hydrogens (tertiary/aromatic N) is 1. The van der Waals surface area contributed by atoms with Gasteiger partial charge in [-0.3, -0.25) is 9.59 Å². The van der Waals surface area contributed by atoms with Gasteiger partial charge in [-0.1, -0.05) is 35.3 Å². The van der Waals surface area contributed by atoms with E-state index in [2.05, 4.69) is 5.32 Å². The minimum Gasteiger partial charge on any atom is -0.494 e. The Morgan fingerprint density at radius 1 is 1.13 bits per heavy atom. The van der Waals surface area contributed by atoms with Crippen LogP contribution in [0.2, 0.25) is 10.2 Å². The van der Waals surface area contributed by atoms with E-state index in [1.54, 1.807) is 6.07 Å². The van der Waals surface area contributed by atoms with Crippen LogP contribution in [0.4, 0.5) is 0 Å². The molecule has 1 saturated carbocycles. The number of amides is 1. The summed E-state index contributed by atoms with van der Waals surface area (Å²) < 4.78 is 7.44. The summed E-state index contributed by atoms with van der Waals surface area (Å²) in [5, 5.41) is 4.30. The number of Topliss-reactive ketones (excluding diaryl/α,β-unsaturated/α-hetero) is 1. The Labute approximate surface area is 184 Å². The van der Waals surface area contributed by atoms with Crippen LogP contribution >= 0.6 is 23.2 Å². The molecule has 0 radical (unpaired) electrons. The summed E-state index contributed by atoms with van der Waals surface area (Å²) in [6.45, 7) is 2.83. The number of aromatic nitrogens is 1. The van der Waals surface area contributed by atoms with Crippen molar-refractivity contribution in [3.05, 3.63) is 63.8 Å². The zero-order valence-electron chi connectivity index (χ0n) is 16.6. The van der Waals surface area contributed by atoms with Crippen LogP contribution in [-0.4, -0.2) is 28.9 Å². The summed E-state index contributed by atoms with van der Waals surface area (Å²) in [6, 6.07) is 13.0. The van der Waals surface area contributed by atoms with Crippen molar-refractivity contribution in [3.8, 4) is 5.75 Å². The Bertz CT molecular complexity index is 1100. The van der Waals surface area contributed by atoms with Gasteiger partial charge in [0.25, 0.3) is 11.7 Å². The second-order valence-electron chi connectivity index (χ2n) is 7.42. The van der Waals surface area contributed by atoms with Crippen LogP contribution in [-0.2, 0) is 11.3 Å². The molecule has 5 nitrogen and oxygen atoms in total. The third-order valence-corrected chi connectivity index (χ3v) is 6.06. The first-order chi connectivity index (χ1) is 14.5. The average molecular weight is 445 g/mol. The maximum Gasteiger partial charge on any atom is 0.292 e. The van der Waals surface area contributed by atoms with Gasteiger partial charge in [0.2, 0.25) is 0 Å². The normalized spacial score (nSPS) is 13.8. The molecule has 0 aliphatic heterocycles. The molecule has 156 valence electrons. The molecule has 1 aliphatic carbocycles. The van der Waals surface area contributed by atoms with Gasteiger partial charge in [0.1, 0.15) is 10.9 Å². The van der Waals surface area contributed by atoms with E-state index in [-0.39, 0.29) is 16.8 Å². The fourth-order valence-electron chi connectivity index (χ4n) is 3.62. The van der Waals surface area contributed by atoms with Gasteiger partial charge in [-0.2, -0.15) is 0 Å². The summed E-state index contributed by atoms with van der Waals surface area (Å²) in [7, 11) is 0. The van der Waals surface area contributed by atoms with Crippen molar-refractivity contribution >= 4 is 45.8 Å². The van der Waals surface area contributed by atoms with Crippen molar-refractivity contribution in [2.75, 3.05) is 6.61 Å². The first-order valence-electron chi connectivity index (χ1n) is 10.0. The largest absolute Gasteiger partial charge is 0.494 e. The van der Waals surface area contributed by atoms with Gasteiger partial charge < -0.3 is 14.6 Å². The van der Waals surface area contributed by atoms with Gasteiger partial charge >= 0.3 is 0 Å². The van der Waals surface area contributed by atoms with E-state index in [4.69, 9.17) is 27.9 Å². The molecule has 0 atom stereocenters. The van der Waals surface area contributed by atoms with Gasteiger partial charge in [0, 0.05) is 23.0 Å². The van der Waals surface area contributed by atoms with Crippen LogP contribution in [0, 0.1) is 0 Å². The average Bonchev–Trinajstić information content (AvgIpc) is 2.97. The van der Waals surface area contributed by atoms with Crippen LogP contribution in [0.5, 0.6) is 5.75 Å². The zero-order valence-corrected chi connectivity index (χ0v) is 18.1. The van der Waals surface area contributed by atoms with E-state index in [0.717, 1.165) is 30.3 Å². The van der Waals surface area contributed by atoms with Crippen molar-refractivity contribution in [3.63, 3.8) is 0 Å². The fraction of sp³-hybridized carbons (Fsp3) is 0.304. The lowest BCUT2D eigenvalue weighted by Gasteiger charge is -2.25. The molecule has 1 heterocycles. The molecule has 1 fully saturated rings. The van der Waals surface area contributed by atoms with Gasteiger partial charge in [-0.25, -0.2) is 0 Å². The smallest absolute Gasteiger partial charge is 0.292 e. The lowest BCUT2D eigenvalue weighted by Crippen LogP contribution is -2.43. The molecule has 4 rings (SSSR count). The topological polar surface area (TPSA) is 60.3 Å². The molecule has 0 bridgehead atoms. The molecule has 1 N–H and O–H groups in total. The van der Waals surface area contributed by atoms with Crippen LogP contribution in [0.15, 0.2) is 42.5 Å². The maximum absolute atomic E-state index is 13.1. The molecular formula is C23H22Cl2N2O3. The third-order valence-electron chi connectivity index (χ3n) is 5.41. The summed E-state index contributed by atoms with van der Waals surface area (Å²) in [4.78, 5) is 25.7. The molecule has 1 aliphatic rings. The zero-order chi connectivity index (χ0) is 21.3. The standard InChI is InChI=1S/C23H22Cl2N2O3/c1-2-30-17-10-11-19-18(12-17)20(21(28)23(29)26-16-4-3-5-16)22(25)27(19)13-14-6-8-15(24)9-7-14/h6-12,16H,2-5,13H2,1H3,(H,26,29). The highest BCUT2D eigenvalue weighted by Gasteiger charge is 2.29. The second kappa shape index (κ2) is 8.70. The van der Waals surface area contributed by atoms with Crippen LogP contribution in [0.25, 0.3) is 10.9 Å². The highest BCUT2D eigenvalue weighted by Crippen LogP contribution is 2.34. The van der Waals surface area contributed by atoms with Gasteiger partial charge in [0.15, 0.2) is 0 Å². The molecular weight excluding hydrogens is 423 g/mol. The molecule has 3 aromatic rings. The highest BCUT2D eigenvalue weighted by molar-refractivity contribution is 6.49. The summed E-state index contributed by atoms with van der Waals surface area (Å²) in [6.07, 6.45) is 2.87. The Balaban J connectivity index is 1.77. The number of fused-ring (bicyclic) bond motifs is 1. The highest BCUT2D eigenvalue weighted by atomic mass is 35.5. The number of hydrogen-bond donors (Lipinski definition) is 1. The number of benzene rings is 2. The number of rotatable bonds is 7. The predicted molar refractivity (Wildman–Crippen MR) is 119 cm³/mol. The summed E-state index contributed by atoms with van der Waals surface area (Å²) >= 11 is 12.7. The lowest BCUT2D eigenvalue weighted by molar-refractivity contribution is -0.118. The minimum absolute atomic E-state index is 0.0710. The number of carbonyl (C=O) groups excluding carboxylic acids is 2. The number of halogens is 2. The first kappa shape index (κ1) is 20.8. The third kappa shape index (κ3) is 4.05. The molecule has 0 unspecified atom stereocenters. The number of hydrogen-bond acceptors (Lipinski definition) is 3. The quantitative estimate of drug-likeness (QED) is 0.399. The van der Waals surface area contributed by atoms with Gasteiger partial charge in [-0.05, 0) is 62.1 Å². The Morgan fingerprint density at radius 2 is 1.87 bits per heavy atom. The van der Waals surface area contributed by atoms with Crippen molar-refractivity contribution < 1.29 is 14.3 Å². The van der Waals surface area contributed by atoms with Crippen LogP contribution in [0.3, 0.4) is 0 Å². The van der Waals surface area contributed by atoms with Crippen molar-refractivity contribution in [1.82, 2.24) is 9.88 Å². The number of ether oxygens (including phenoxy) is 1. The van der Waals surface area contributed by atoms with E-state index in [9.17, 15) is 9.59 Å². The maximum atomic E-state index is 13.1. The fourth-order valence-corrected chi connectivity index (χ4v) is 4.08. The predicted octanol–water partition coefficient (Wildman–Crippen LogP) is 5.25. The molecule has 7 heteroatoms. The van der Waals surface area contributed by atoms with Crippen molar-refractivity contribution in [2.24, 2.45) is 0 Å². The van der Waals surface area contributed by atoms with E-state index in [1.807, 2.05) is 47.9 Å². The second-order valence-corrected chi connectivity index (χ2v) is 8.22.